The molecule has 106 valence electrons. The topological polar surface area (TPSA) is 24.9 Å². The molecule has 1 aliphatic carbocycles. The van der Waals surface area contributed by atoms with Gasteiger partial charge in [0.2, 0.25) is 0 Å². The van der Waals surface area contributed by atoms with E-state index in [1.165, 1.54) is 37.7 Å². The van der Waals surface area contributed by atoms with E-state index in [1.807, 2.05) is 12.4 Å². The van der Waals surface area contributed by atoms with E-state index in [4.69, 9.17) is 0 Å². The van der Waals surface area contributed by atoms with Gasteiger partial charge < -0.3 is 5.32 Å². The second-order valence-electron chi connectivity index (χ2n) is 5.89. The van der Waals surface area contributed by atoms with Crippen LogP contribution in [0.1, 0.15) is 57.6 Å². The molecule has 0 amide bonds. The predicted octanol–water partition coefficient (Wildman–Crippen LogP) is 4.71. The summed E-state index contributed by atoms with van der Waals surface area (Å²) in [6.45, 7) is 5.70. The van der Waals surface area contributed by atoms with Crippen molar-refractivity contribution in [3.05, 3.63) is 28.5 Å². The summed E-state index contributed by atoms with van der Waals surface area (Å²) < 4.78 is 1.08. The lowest BCUT2D eigenvalue weighted by atomic mass is 9.77. The van der Waals surface area contributed by atoms with Gasteiger partial charge in [-0.3, -0.25) is 4.98 Å². The molecule has 1 N–H and O–H groups in total. The Morgan fingerprint density at radius 3 is 2.68 bits per heavy atom. The van der Waals surface area contributed by atoms with Crippen molar-refractivity contribution in [1.29, 1.82) is 0 Å². The molecule has 0 saturated heterocycles. The van der Waals surface area contributed by atoms with E-state index >= 15 is 0 Å². The van der Waals surface area contributed by atoms with Crippen molar-refractivity contribution < 1.29 is 0 Å². The maximum absolute atomic E-state index is 4.34. The molecule has 2 nitrogen and oxygen atoms in total. The van der Waals surface area contributed by atoms with Gasteiger partial charge in [-0.05, 0) is 65.2 Å². The Bertz CT molecular complexity index is 386. The minimum absolute atomic E-state index is 0.470. The van der Waals surface area contributed by atoms with E-state index in [9.17, 15) is 0 Å². The molecule has 1 aromatic heterocycles. The lowest BCUT2D eigenvalue weighted by molar-refractivity contribution is 0.231. The van der Waals surface area contributed by atoms with Crippen molar-refractivity contribution in [2.75, 3.05) is 6.54 Å². The molecule has 1 atom stereocenters. The Kier molecular flexibility index (Phi) is 5.83. The summed E-state index contributed by atoms with van der Waals surface area (Å²) in [7, 11) is 0. The summed E-state index contributed by atoms with van der Waals surface area (Å²) in [5, 5.41) is 3.74. The highest BCUT2D eigenvalue weighted by Crippen LogP contribution is 2.37. The molecule has 19 heavy (non-hydrogen) atoms. The van der Waals surface area contributed by atoms with Gasteiger partial charge in [0, 0.05) is 22.9 Å². The van der Waals surface area contributed by atoms with E-state index in [2.05, 4.69) is 46.1 Å². The molecule has 1 fully saturated rings. The highest BCUT2D eigenvalue weighted by atomic mass is 79.9. The monoisotopic (exact) mass is 324 g/mol. The Morgan fingerprint density at radius 1 is 1.32 bits per heavy atom. The standard InChI is InChI=1S/C16H25BrN2/c1-3-8-19-16(13-6-4-12(2)5-7-13)14-9-15(17)11-18-10-14/h9-13,16,19H,3-8H2,1-2H3. The zero-order valence-corrected chi connectivity index (χ0v) is 13.6. The molecule has 0 bridgehead atoms. The van der Waals surface area contributed by atoms with Crippen LogP contribution in [0.15, 0.2) is 22.9 Å². The highest BCUT2D eigenvalue weighted by Gasteiger charge is 2.27. The summed E-state index contributed by atoms with van der Waals surface area (Å²) in [4.78, 5) is 4.34. The van der Waals surface area contributed by atoms with Gasteiger partial charge in [-0.2, -0.15) is 0 Å². The molecule has 1 saturated carbocycles. The largest absolute Gasteiger partial charge is 0.310 e. The number of pyridine rings is 1. The highest BCUT2D eigenvalue weighted by molar-refractivity contribution is 9.10. The lowest BCUT2D eigenvalue weighted by Gasteiger charge is -2.33. The van der Waals surface area contributed by atoms with E-state index in [0.29, 0.717) is 6.04 Å². The number of hydrogen-bond acceptors (Lipinski definition) is 2. The normalized spacial score (nSPS) is 25.2. The van der Waals surface area contributed by atoms with Crippen LogP contribution in [0.2, 0.25) is 0 Å². The van der Waals surface area contributed by atoms with Gasteiger partial charge in [0.05, 0.1) is 0 Å². The van der Waals surface area contributed by atoms with Crippen molar-refractivity contribution in [3.8, 4) is 0 Å². The predicted molar refractivity (Wildman–Crippen MR) is 84.1 cm³/mol. The van der Waals surface area contributed by atoms with Gasteiger partial charge in [0.15, 0.2) is 0 Å². The van der Waals surface area contributed by atoms with E-state index < -0.39 is 0 Å². The molecular weight excluding hydrogens is 300 g/mol. The van der Waals surface area contributed by atoms with Crippen LogP contribution in [0, 0.1) is 11.8 Å². The number of aromatic nitrogens is 1. The Labute approximate surface area is 125 Å². The van der Waals surface area contributed by atoms with Gasteiger partial charge in [-0.15, -0.1) is 0 Å². The number of nitrogens with one attached hydrogen (secondary N) is 1. The van der Waals surface area contributed by atoms with Gasteiger partial charge in [-0.25, -0.2) is 0 Å². The third-order valence-electron chi connectivity index (χ3n) is 4.23. The van der Waals surface area contributed by atoms with E-state index in [-0.39, 0.29) is 0 Å². The van der Waals surface area contributed by atoms with Crippen LogP contribution < -0.4 is 5.32 Å². The lowest BCUT2D eigenvalue weighted by Crippen LogP contribution is -2.31. The van der Waals surface area contributed by atoms with Gasteiger partial charge in [0.25, 0.3) is 0 Å². The maximum Gasteiger partial charge on any atom is 0.0410 e. The number of halogens is 1. The summed E-state index contributed by atoms with van der Waals surface area (Å²) in [5.41, 5.74) is 1.34. The molecule has 1 heterocycles. The Morgan fingerprint density at radius 2 is 2.05 bits per heavy atom. The fraction of sp³-hybridized carbons (Fsp3) is 0.688. The third kappa shape index (κ3) is 4.28. The number of rotatable bonds is 5. The van der Waals surface area contributed by atoms with Crippen LogP contribution in [0.5, 0.6) is 0 Å². The molecule has 1 aliphatic rings. The molecule has 2 rings (SSSR count). The first-order valence-electron chi connectivity index (χ1n) is 7.54. The van der Waals surface area contributed by atoms with Crippen molar-refractivity contribution in [1.82, 2.24) is 10.3 Å². The quantitative estimate of drug-likeness (QED) is 0.848. The minimum atomic E-state index is 0.470. The van der Waals surface area contributed by atoms with Crippen molar-refractivity contribution in [3.63, 3.8) is 0 Å². The van der Waals surface area contributed by atoms with Gasteiger partial charge in [0.1, 0.15) is 0 Å². The zero-order valence-electron chi connectivity index (χ0n) is 12.0. The average Bonchev–Trinajstić information content (AvgIpc) is 2.41. The van der Waals surface area contributed by atoms with Crippen LogP contribution >= 0.6 is 15.9 Å². The first kappa shape index (κ1) is 15.0. The summed E-state index contributed by atoms with van der Waals surface area (Å²) >= 11 is 3.54. The van der Waals surface area contributed by atoms with Crippen molar-refractivity contribution in [2.45, 2.75) is 52.0 Å². The molecule has 0 aliphatic heterocycles. The number of nitrogens with zero attached hydrogens (tertiary/aromatic N) is 1. The van der Waals surface area contributed by atoms with E-state index in [1.54, 1.807) is 0 Å². The zero-order chi connectivity index (χ0) is 13.7. The molecular formula is C16H25BrN2. The van der Waals surface area contributed by atoms with Crippen LogP contribution in [0.4, 0.5) is 0 Å². The smallest absolute Gasteiger partial charge is 0.0410 e. The molecule has 1 unspecified atom stereocenters. The minimum Gasteiger partial charge on any atom is -0.310 e. The summed E-state index contributed by atoms with van der Waals surface area (Å²) in [6, 6.07) is 2.69. The molecule has 0 radical (unpaired) electrons. The van der Waals surface area contributed by atoms with E-state index in [0.717, 1.165) is 22.9 Å². The molecule has 1 aromatic rings. The van der Waals surface area contributed by atoms with Crippen LogP contribution in [0.25, 0.3) is 0 Å². The fourth-order valence-corrected chi connectivity index (χ4v) is 3.46. The summed E-state index contributed by atoms with van der Waals surface area (Å²) in [6.07, 6.45) is 10.5. The van der Waals surface area contributed by atoms with Gasteiger partial charge >= 0.3 is 0 Å². The molecule has 0 spiro atoms. The second kappa shape index (κ2) is 7.39. The Balaban J connectivity index is 2.11. The first-order valence-corrected chi connectivity index (χ1v) is 8.33. The average molecular weight is 325 g/mol. The first-order chi connectivity index (χ1) is 9.20. The molecule has 3 heteroatoms. The van der Waals surface area contributed by atoms with Crippen LogP contribution in [-0.2, 0) is 0 Å². The number of hydrogen-bond donors (Lipinski definition) is 1. The van der Waals surface area contributed by atoms with Crippen LogP contribution in [0.3, 0.4) is 0 Å². The Hall–Kier alpha value is -0.410. The van der Waals surface area contributed by atoms with Crippen molar-refractivity contribution in [2.24, 2.45) is 11.8 Å². The second-order valence-corrected chi connectivity index (χ2v) is 6.80. The SMILES string of the molecule is CCCNC(c1cncc(Br)c1)C1CCC(C)CC1. The third-order valence-corrected chi connectivity index (χ3v) is 4.66. The maximum atomic E-state index is 4.34. The summed E-state index contributed by atoms with van der Waals surface area (Å²) in [5.74, 6) is 1.67. The van der Waals surface area contributed by atoms with Gasteiger partial charge in [-0.1, -0.05) is 26.7 Å². The van der Waals surface area contributed by atoms with Crippen LogP contribution in [-0.4, -0.2) is 11.5 Å². The van der Waals surface area contributed by atoms with Crippen molar-refractivity contribution >= 4 is 15.9 Å². The molecule has 0 aromatic carbocycles. The fourth-order valence-electron chi connectivity index (χ4n) is 3.07.